The molecule has 5 nitrogen and oxygen atoms in total. The van der Waals surface area contributed by atoms with Crippen molar-refractivity contribution in [2.45, 2.75) is 65.0 Å². The molecule has 3 rings (SSSR count). The Labute approximate surface area is 201 Å². The average Bonchev–Trinajstić information content (AvgIpc) is 2.80. The third-order valence-electron chi connectivity index (χ3n) is 6.79. The summed E-state index contributed by atoms with van der Waals surface area (Å²) in [7, 11) is 0. The fraction of sp³-hybridized carbons (Fsp3) is 0.607. The third-order valence-corrected chi connectivity index (χ3v) is 6.79. The van der Waals surface area contributed by atoms with Crippen LogP contribution in [0.15, 0.2) is 60.6 Å². The van der Waals surface area contributed by atoms with Gasteiger partial charge in [0.1, 0.15) is 5.76 Å². The zero-order valence-electron chi connectivity index (χ0n) is 20.9. The predicted octanol–water partition coefficient (Wildman–Crippen LogP) is 4.91. The van der Waals surface area contributed by atoms with Gasteiger partial charge in [-0.2, -0.15) is 0 Å². The van der Waals surface area contributed by atoms with E-state index in [9.17, 15) is 4.79 Å². The summed E-state index contributed by atoms with van der Waals surface area (Å²) in [5.41, 5.74) is 0.840. The molecule has 0 spiro atoms. The first kappa shape index (κ1) is 25.4. The second-order valence-electron chi connectivity index (χ2n) is 9.82. The summed E-state index contributed by atoms with van der Waals surface area (Å²) >= 11 is 0. The molecule has 2 heterocycles. The summed E-state index contributed by atoms with van der Waals surface area (Å²) in [5, 5.41) is 0. The quantitative estimate of drug-likeness (QED) is 0.282. The van der Waals surface area contributed by atoms with Gasteiger partial charge in [-0.3, -0.25) is 4.79 Å². The number of nitrogens with zero attached hydrogens (tertiary/aromatic N) is 3. The van der Waals surface area contributed by atoms with Gasteiger partial charge in [0.2, 0.25) is 0 Å². The van der Waals surface area contributed by atoms with Gasteiger partial charge in [-0.15, -0.1) is 0 Å². The lowest BCUT2D eigenvalue weighted by molar-refractivity contribution is -0.133. The molecule has 0 aromatic carbocycles. The minimum absolute atomic E-state index is 0.159. The van der Waals surface area contributed by atoms with Crippen LogP contribution in [0.25, 0.3) is 0 Å². The number of hydrogen-bond acceptors (Lipinski definition) is 4. The van der Waals surface area contributed by atoms with Crippen molar-refractivity contribution in [3.8, 4) is 0 Å². The maximum absolute atomic E-state index is 13.1. The molecule has 0 aromatic rings. The number of ether oxygens (including phenoxy) is 1. The van der Waals surface area contributed by atoms with E-state index in [2.05, 4.69) is 60.4 Å². The number of carbonyl (C=O) groups excluding carboxylic acids is 1. The van der Waals surface area contributed by atoms with E-state index in [1.807, 2.05) is 18.2 Å². The van der Waals surface area contributed by atoms with Crippen LogP contribution in [0.4, 0.5) is 0 Å². The Morgan fingerprint density at radius 1 is 1.15 bits per heavy atom. The van der Waals surface area contributed by atoms with E-state index in [4.69, 9.17) is 4.74 Å². The fourth-order valence-electron chi connectivity index (χ4n) is 5.11. The third kappa shape index (κ3) is 7.63. The van der Waals surface area contributed by atoms with Crippen LogP contribution < -0.4 is 0 Å². The van der Waals surface area contributed by atoms with Crippen molar-refractivity contribution >= 4 is 5.91 Å². The van der Waals surface area contributed by atoms with E-state index in [0.717, 1.165) is 50.4 Å². The first-order valence-corrected chi connectivity index (χ1v) is 12.8. The van der Waals surface area contributed by atoms with Crippen LogP contribution in [0, 0.1) is 5.92 Å². The van der Waals surface area contributed by atoms with Gasteiger partial charge in [0.15, 0.2) is 0 Å². The predicted molar refractivity (Wildman–Crippen MR) is 137 cm³/mol. The molecule has 2 saturated heterocycles. The smallest absolute Gasteiger partial charge is 0.254 e. The van der Waals surface area contributed by atoms with Crippen LogP contribution in [-0.4, -0.2) is 72.0 Å². The van der Waals surface area contributed by atoms with Crippen molar-refractivity contribution in [3.05, 3.63) is 60.6 Å². The van der Waals surface area contributed by atoms with E-state index < -0.39 is 0 Å². The Morgan fingerprint density at radius 3 is 2.55 bits per heavy atom. The largest absolute Gasteiger partial charge is 0.494 e. The Morgan fingerprint density at radius 2 is 1.88 bits per heavy atom. The Bertz CT molecular complexity index is 764. The molecule has 0 saturated carbocycles. The minimum atomic E-state index is 0.159. The zero-order chi connectivity index (χ0) is 23.6. The molecule has 0 bridgehead atoms. The van der Waals surface area contributed by atoms with Gasteiger partial charge < -0.3 is 19.4 Å². The summed E-state index contributed by atoms with van der Waals surface area (Å²) in [6.45, 7) is 16.3. The highest BCUT2D eigenvalue weighted by atomic mass is 16.5. The van der Waals surface area contributed by atoms with E-state index in [1.54, 1.807) is 6.08 Å². The molecule has 182 valence electrons. The summed E-state index contributed by atoms with van der Waals surface area (Å²) in [6.07, 6.45) is 20.2. The Hall–Kier alpha value is -2.27. The molecule has 2 aliphatic heterocycles. The van der Waals surface area contributed by atoms with Gasteiger partial charge in [-0.1, -0.05) is 38.2 Å². The fourth-order valence-corrected chi connectivity index (χ4v) is 5.11. The van der Waals surface area contributed by atoms with Crippen LogP contribution >= 0.6 is 0 Å². The standard InChI is InChI=1S/C28H43N3O2/c1-5-27(33-19-11-18-29-15-7-6-8-16-29)14-10-17-30-21-24(3)31(25(4)22-30)28(32)26-13-9-12-23(2)20-26/h5,9-10,13-14,17,20,23-25H,1,6-8,11-12,15-16,18-19,21-22H2,2-4H3/b17-10+,27-14+/t23?,24-,25+. The van der Waals surface area contributed by atoms with Crippen LogP contribution in [0.2, 0.25) is 0 Å². The molecule has 1 unspecified atom stereocenters. The number of amides is 1. The zero-order valence-corrected chi connectivity index (χ0v) is 20.9. The lowest BCUT2D eigenvalue weighted by Crippen LogP contribution is -2.57. The summed E-state index contributed by atoms with van der Waals surface area (Å²) in [5.74, 6) is 1.40. The van der Waals surface area contributed by atoms with Crippen LogP contribution in [-0.2, 0) is 9.53 Å². The topological polar surface area (TPSA) is 36.0 Å². The van der Waals surface area contributed by atoms with Crippen molar-refractivity contribution in [1.82, 2.24) is 14.7 Å². The van der Waals surface area contributed by atoms with Crippen molar-refractivity contribution in [2.75, 3.05) is 39.3 Å². The maximum Gasteiger partial charge on any atom is 0.254 e. The first-order valence-electron chi connectivity index (χ1n) is 12.8. The lowest BCUT2D eigenvalue weighted by atomic mass is 9.96. The molecular weight excluding hydrogens is 410 g/mol. The summed E-state index contributed by atoms with van der Waals surface area (Å²) in [6, 6.07) is 0.317. The number of carbonyl (C=O) groups is 1. The van der Waals surface area contributed by atoms with E-state index >= 15 is 0 Å². The normalized spacial score (nSPS) is 27.1. The second kappa shape index (κ2) is 12.8. The van der Waals surface area contributed by atoms with Crippen molar-refractivity contribution in [1.29, 1.82) is 0 Å². The number of likely N-dealkylation sites (tertiary alicyclic amines) is 1. The Kier molecular flexibility index (Phi) is 9.86. The highest BCUT2D eigenvalue weighted by Crippen LogP contribution is 2.23. The monoisotopic (exact) mass is 453 g/mol. The lowest BCUT2D eigenvalue weighted by Gasteiger charge is -2.44. The van der Waals surface area contributed by atoms with Gasteiger partial charge in [0.25, 0.3) is 5.91 Å². The van der Waals surface area contributed by atoms with Crippen molar-refractivity contribution in [2.24, 2.45) is 5.92 Å². The molecule has 3 aliphatic rings. The Balaban J connectivity index is 1.45. The van der Waals surface area contributed by atoms with Crippen LogP contribution in [0.3, 0.4) is 0 Å². The van der Waals surface area contributed by atoms with Crippen molar-refractivity contribution in [3.63, 3.8) is 0 Å². The van der Waals surface area contributed by atoms with Crippen LogP contribution in [0.5, 0.6) is 0 Å². The highest BCUT2D eigenvalue weighted by Gasteiger charge is 2.33. The molecule has 5 heteroatoms. The number of allylic oxidation sites excluding steroid dienone is 5. The molecule has 3 atom stereocenters. The molecular formula is C28H43N3O2. The van der Waals surface area contributed by atoms with E-state index in [0.29, 0.717) is 5.92 Å². The molecule has 1 amide bonds. The molecule has 2 fully saturated rings. The van der Waals surface area contributed by atoms with E-state index in [1.165, 1.54) is 32.4 Å². The number of hydrogen-bond donors (Lipinski definition) is 0. The van der Waals surface area contributed by atoms with Gasteiger partial charge in [-0.25, -0.2) is 0 Å². The summed E-state index contributed by atoms with van der Waals surface area (Å²) in [4.78, 5) is 20.0. The summed E-state index contributed by atoms with van der Waals surface area (Å²) < 4.78 is 5.92. The van der Waals surface area contributed by atoms with Gasteiger partial charge in [0, 0.05) is 37.3 Å². The number of piperazine rings is 1. The van der Waals surface area contributed by atoms with Crippen molar-refractivity contribution < 1.29 is 9.53 Å². The second-order valence-corrected chi connectivity index (χ2v) is 9.82. The first-order chi connectivity index (χ1) is 16.0. The SMILES string of the molecule is C=C/C(=C\C=C\N1C[C@@H](C)N(C(=O)C2=CC(C)CC=C2)[C@@H](C)C1)OCCCN1CCCCC1. The van der Waals surface area contributed by atoms with Crippen LogP contribution in [0.1, 0.15) is 52.9 Å². The molecule has 0 radical (unpaired) electrons. The maximum atomic E-state index is 13.1. The molecule has 1 aliphatic carbocycles. The van der Waals surface area contributed by atoms with Gasteiger partial charge in [-0.05, 0) is 83.0 Å². The number of rotatable bonds is 9. The highest BCUT2D eigenvalue weighted by molar-refractivity contribution is 5.97. The molecule has 0 N–H and O–H groups in total. The molecule has 33 heavy (non-hydrogen) atoms. The number of piperidine rings is 1. The molecule has 0 aromatic heterocycles. The van der Waals surface area contributed by atoms with E-state index in [-0.39, 0.29) is 18.0 Å². The van der Waals surface area contributed by atoms with Gasteiger partial charge in [0.05, 0.1) is 6.61 Å². The minimum Gasteiger partial charge on any atom is -0.494 e. The van der Waals surface area contributed by atoms with Gasteiger partial charge >= 0.3 is 0 Å². The average molecular weight is 454 g/mol.